The van der Waals surface area contributed by atoms with E-state index in [9.17, 15) is 9.59 Å². The molecule has 0 aliphatic rings. The van der Waals surface area contributed by atoms with E-state index in [1.165, 1.54) is 0 Å². The Kier molecular flexibility index (Phi) is 9.27. The second kappa shape index (κ2) is 10.9. The first kappa shape index (κ1) is 20.3. The first-order valence-corrected chi connectivity index (χ1v) is 7.16. The van der Waals surface area contributed by atoms with Gasteiger partial charge in [-0.2, -0.15) is 0 Å². The van der Waals surface area contributed by atoms with Crippen LogP contribution in [-0.4, -0.2) is 18.1 Å². The number of rotatable bonds is 6. The monoisotopic (exact) mass is 401 g/mol. The number of carbonyl (C=O) groups is 2. The van der Waals surface area contributed by atoms with Crippen molar-refractivity contribution in [2.45, 2.75) is 19.3 Å². The zero-order valence-electron chi connectivity index (χ0n) is 13.2. The number of hydrogen-bond donors (Lipinski definition) is 1. The maximum Gasteiger partial charge on any atom is 0.405 e. The average Bonchev–Trinajstić information content (AvgIpc) is 2.59. The summed E-state index contributed by atoms with van der Waals surface area (Å²) in [6.07, 6.45) is -0.717. The topological polar surface area (TPSA) is 64.6 Å². The van der Waals surface area contributed by atoms with Crippen molar-refractivity contribution in [2.75, 3.05) is 0 Å². The zero-order valence-corrected chi connectivity index (χ0v) is 16.0. The predicted octanol–water partition coefficient (Wildman–Crippen LogP) is 2.86. The summed E-state index contributed by atoms with van der Waals surface area (Å²) in [6, 6.07) is 17.5. The average molecular weight is 401 g/mol. The second-order valence-corrected chi connectivity index (χ2v) is 4.85. The van der Waals surface area contributed by atoms with Gasteiger partial charge in [-0.1, -0.05) is 60.7 Å². The Morgan fingerprint density at radius 1 is 0.875 bits per heavy atom. The molecule has 0 heterocycles. The third-order valence-corrected chi connectivity index (χ3v) is 3.01. The van der Waals surface area contributed by atoms with Gasteiger partial charge in [-0.25, -0.2) is 4.79 Å². The van der Waals surface area contributed by atoms with Gasteiger partial charge in [0, 0.05) is 38.8 Å². The largest absolute Gasteiger partial charge is 0.461 e. The van der Waals surface area contributed by atoms with E-state index in [-0.39, 0.29) is 45.9 Å². The van der Waals surface area contributed by atoms with Crippen molar-refractivity contribution in [2.24, 2.45) is 0 Å². The van der Waals surface area contributed by atoms with E-state index in [1.807, 2.05) is 60.7 Å². The van der Waals surface area contributed by atoms with Crippen molar-refractivity contribution < 1.29 is 51.8 Å². The van der Waals surface area contributed by atoms with Crippen LogP contribution in [-0.2, 0) is 60.2 Å². The quantitative estimate of drug-likeness (QED) is 0.597. The number of ether oxygens (including phenoxy) is 2. The van der Waals surface area contributed by atoms with E-state index < -0.39 is 18.1 Å². The third kappa shape index (κ3) is 7.24. The normalized spacial score (nSPS) is 10.9. The number of alkyl carbamates (subject to hydrolysis) is 1. The van der Waals surface area contributed by atoms with E-state index in [1.54, 1.807) is 0 Å². The minimum absolute atomic E-state index is 0. The molecule has 0 aliphatic carbocycles. The van der Waals surface area contributed by atoms with Crippen molar-refractivity contribution in [3.63, 3.8) is 0 Å². The fourth-order valence-electron chi connectivity index (χ4n) is 1.80. The molecule has 0 spiro atoms. The zero-order chi connectivity index (χ0) is 16.5. The number of hydrogen-bond acceptors (Lipinski definition) is 4. The number of benzene rings is 2. The van der Waals surface area contributed by atoms with E-state index in [4.69, 9.17) is 9.47 Å². The fourth-order valence-corrected chi connectivity index (χ4v) is 1.80. The van der Waals surface area contributed by atoms with Crippen LogP contribution in [0.3, 0.4) is 0 Å². The molecule has 0 aliphatic heterocycles. The van der Waals surface area contributed by atoms with Gasteiger partial charge >= 0.3 is 6.09 Å². The van der Waals surface area contributed by atoms with E-state index >= 15 is 0 Å². The van der Waals surface area contributed by atoms with Gasteiger partial charge in [-0.05, 0) is 11.1 Å². The SMILES string of the molecule is [CH2-][C@H](NC(=O)OCc1ccccc1)C(=O)OCc1ccccc1.[Y]. The Balaban J connectivity index is 0.00000288. The molecule has 1 atom stereocenters. The smallest absolute Gasteiger partial charge is 0.405 e. The molecule has 24 heavy (non-hydrogen) atoms. The first-order chi connectivity index (χ1) is 11.1. The van der Waals surface area contributed by atoms with Crippen LogP contribution < -0.4 is 5.32 Å². The molecule has 0 fully saturated rings. The molecule has 5 nitrogen and oxygen atoms in total. The van der Waals surface area contributed by atoms with Crippen LogP contribution in [0.15, 0.2) is 60.7 Å². The second-order valence-electron chi connectivity index (χ2n) is 4.85. The molecule has 2 rings (SSSR count). The number of carbonyl (C=O) groups excluding carboxylic acids is 2. The van der Waals surface area contributed by atoms with Gasteiger partial charge in [0.05, 0.1) is 0 Å². The molecule has 2 aromatic carbocycles. The maximum absolute atomic E-state index is 11.8. The van der Waals surface area contributed by atoms with Crippen molar-refractivity contribution in [3.05, 3.63) is 78.7 Å². The third-order valence-electron chi connectivity index (χ3n) is 3.01. The number of nitrogens with one attached hydrogen (secondary N) is 1. The van der Waals surface area contributed by atoms with Crippen molar-refractivity contribution in [3.8, 4) is 0 Å². The molecule has 2 aromatic rings. The Labute approximate surface area is 166 Å². The molecule has 0 unspecified atom stereocenters. The van der Waals surface area contributed by atoms with Crippen molar-refractivity contribution >= 4 is 12.1 Å². The van der Waals surface area contributed by atoms with Crippen LogP contribution in [0.1, 0.15) is 11.1 Å². The number of esters is 1. The molecule has 0 bridgehead atoms. The minimum atomic E-state index is -1.03. The first-order valence-electron chi connectivity index (χ1n) is 7.16. The van der Waals surface area contributed by atoms with E-state index in [0.29, 0.717) is 0 Å². The molecule has 0 saturated carbocycles. The van der Waals surface area contributed by atoms with Crippen molar-refractivity contribution in [1.82, 2.24) is 5.32 Å². The maximum atomic E-state index is 11.8. The van der Waals surface area contributed by atoms with Gasteiger partial charge in [0.25, 0.3) is 5.97 Å². The summed E-state index contributed by atoms with van der Waals surface area (Å²) in [5.74, 6) is -0.620. The fraction of sp³-hybridized carbons (Fsp3) is 0.167. The molecule has 0 saturated heterocycles. The molecular weight excluding hydrogens is 383 g/mol. The van der Waals surface area contributed by atoms with E-state index in [2.05, 4.69) is 12.2 Å². The van der Waals surface area contributed by atoms with Crippen LogP contribution in [0.4, 0.5) is 4.79 Å². The molecule has 123 valence electrons. The summed E-state index contributed by atoms with van der Waals surface area (Å²) in [5, 5.41) is 2.34. The summed E-state index contributed by atoms with van der Waals surface area (Å²) >= 11 is 0. The minimum Gasteiger partial charge on any atom is -0.461 e. The van der Waals surface area contributed by atoms with Gasteiger partial charge in [0.15, 0.2) is 0 Å². The summed E-state index contributed by atoms with van der Waals surface area (Å²) in [7, 11) is 0. The summed E-state index contributed by atoms with van der Waals surface area (Å²) < 4.78 is 10.1. The summed E-state index contributed by atoms with van der Waals surface area (Å²) in [5.41, 5.74) is 1.72. The van der Waals surface area contributed by atoms with Crippen LogP contribution >= 0.6 is 0 Å². The summed E-state index contributed by atoms with van der Waals surface area (Å²) in [4.78, 5) is 23.4. The summed E-state index contributed by atoms with van der Waals surface area (Å²) in [6.45, 7) is 3.81. The Hall–Kier alpha value is -1.72. The number of amides is 1. The van der Waals surface area contributed by atoms with E-state index in [0.717, 1.165) is 11.1 Å². The van der Waals surface area contributed by atoms with Gasteiger partial charge in [0.1, 0.15) is 13.2 Å². The van der Waals surface area contributed by atoms with Crippen LogP contribution in [0.5, 0.6) is 0 Å². The molecule has 1 amide bonds. The van der Waals surface area contributed by atoms with Crippen molar-refractivity contribution in [1.29, 1.82) is 0 Å². The van der Waals surface area contributed by atoms with Gasteiger partial charge in [0.2, 0.25) is 0 Å². The Morgan fingerprint density at radius 3 is 1.83 bits per heavy atom. The van der Waals surface area contributed by atoms with Gasteiger partial charge in [-0.15, -0.1) is 0 Å². The molecule has 0 aromatic heterocycles. The molecule has 6 heteroatoms. The molecule has 1 radical (unpaired) electrons. The van der Waals surface area contributed by atoms with Gasteiger partial charge in [-0.3, -0.25) is 4.79 Å². The van der Waals surface area contributed by atoms with Gasteiger partial charge < -0.3 is 21.7 Å². The predicted molar refractivity (Wildman–Crippen MR) is 85.1 cm³/mol. The Bertz CT molecular complexity index is 634. The Morgan fingerprint density at radius 2 is 1.33 bits per heavy atom. The van der Waals surface area contributed by atoms with Crippen LogP contribution in [0.2, 0.25) is 0 Å². The van der Waals surface area contributed by atoms with Crippen LogP contribution in [0.25, 0.3) is 0 Å². The molecule has 1 N–H and O–H groups in total. The molecular formula is C18H18NO4Y-. The van der Waals surface area contributed by atoms with Crippen LogP contribution in [0, 0.1) is 6.92 Å². The standard InChI is InChI=1S/C18H18NO4.Y/c1-14(17(20)22-12-15-8-4-2-5-9-15)19-18(21)23-13-16-10-6-3-7-11-16;/h2-11,14H,1,12-13H2,(H,19,21);/q-1;/t14-;/m0./s1.